The van der Waals surface area contributed by atoms with Crippen LogP contribution in [0, 0.1) is 0 Å². The van der Waals surface area contributed by atoms with Crippen LogP contribution in [-0.2, 0) is 25.9 Å². The van der Waals surface area contributed by atoms with E-state index in [9.17, 15) is 0 Å². The number of benzene rings is 3. The molecule has 152 valence electrons. The van der Waals surface area contributed by atoms with Gasteiger partial charge in [0.1, 0.15) is 0 Å². The van der Waals surface area contributed by atoms with Gasteiger partial charge in [0.2, 0.25) is 0 Å². The molecule has 4 heteroatoms. The molecule has 30 heavy (non-hydrogen) atoms. The van der Waals surface area contributed by atoms with Crippen molar-refractivity contribution in [1.82, 2.24) is 0 Å². The van der Waals surface area contributed by atoms with Gasteiger partial charge in [0, 0.05) is 0 Å². The Bertz CT molecular complexity index is 913. The van der Waals surface area contributed by atoms with Crippen molar-refractivity contribution in [2.45, 2.75) is 25.7 Å². The molecule has 0 nitrogen and oxygen atoms in total. The molecule has 0 radical (unpaired) electrons. The molecule has 0 saturated carbocycles. The minimum atomic E-state index is -0.271. The SMILES string of the molecule is CC1=C(C)[C]([Ti+3])=C(C(c2ccccc2)(c2ccccc2)c2ccccc2)C1.[Cl-].[Cl-].[Cl-]. The van der Waals surface area contributed by atoms with Crippen molar-refractivity contribution >= 4 is 0 Å². The second-order valence-corrected chi connectivity index (χ2v) is 8.06. The zero-order chi connectivity index (χ0) is 18.9. The van der Waals surface area contributed by atoms with E-state index in [-0.39, 0.29) is 42.6 Å². The van der Waals surface area contributed by atoms with Crippen molar-refractivity contribution in [3.63, 3.8) is 0 Å². The quantitative estimate of drug-likeness (QED) is 0.283. The van der Waals surface area contributed by atoms with Gasteiger partial charge in [-0.25, -0.2) is 0 Å². The largest absolute Gasteiger partial charge is 1.00 e. The summed E-state index contributed by atoms with van der Waals surface area (Å²) in [5, 5.41) is 0. The fourth-order valence-electron chi connectivity index (χ4n) is 4.33. The molecule has 0 atom stereocenters. The van der Waals surface area contributed by atoms with E-state index in [0.29, 0.717) is 0 Å². The summed E-state index contributed by atoms with van der Waals surface area (Å²) in [5.41, 5.74) is 8.15. The second kappa shape index (κ2) is 11.4. The standard InChI is InChI=1S/C26H23.3ClH.Ti/c1-20-18-25(19-21(20)2)26(22-12-6-3-7-13-22,23-14-8-4-9-15-23)24-16-10-5-11-17-24;;;;/h3-17H,18H2,1-2H3;3*1H;/q;;;;+3/p-3. The van der Waals surface area contributed by atoms with Gasteiger partial charge in [-0.1, -0.05) is 0 Å². The molecule has 0 saturated heterocycles. The first kappa shape index (κ1) is 26.8. The average Bonchev–Trinajstić information content (AvgIpc) is 2.99. The van der Waals surface area contributed by atoms with Crippen molar-refractivity contribution in [3.05, 3.63) is 128 Å². The van der Waals surface area contributed by atoms with Gasteiger partial charge in [-0.2, -0.15) is 0 Å². The Morgan fingerprint density at radius 3 is 1.20 bits per heavy atom. The number of allylic oxidation sites excluding steroid dienone is 4. The number of hydrogen-bond acceptors (Lipinski definition) is 0. The number of rotatable bonds is 4. The van der Waals surface area contributed by atoms with Crippen molar-refractivity contribution in [2.75, 3.05) is 0 Å². The Kier molecular flexibility index (Phi) is 10.1. The number of hydrogen-bond donors (Lipinski definition) is 0. The molecule has 0 amide bonds. The van der Waals surface area contributed by atoms with E-state index in [4.69, 9.17) is 0 Å². The molecule has 0 bridgehead atoms. The summed E-state index contributed by atoms with van der Waals surface area (Å²) in [6, 6.07) is 33.0. The molecule has 0 spiro atoms. The molecular formula is C26H23Cl3Ti. The van der Waals surface area contributed by atoms with Crippen LogP contribution in [0.1, 0.15) is 37.0 Å². The van der Waals surface area contributed by atoms with Crippen molar-refractivity contribution in [3.8, 4) is 0 Å². The summed E-state index contributed by atoms with van der Waals surface area (Å²) in [5.74, 6) is 0. The van der Waals surface area contributed by atoms with Crippen LogP contribution in [-0.4, -0.2) is 0 Å². The summed E-state index contributed by atoms with van der Waals surface area (Å²) >= 11 is 2.30. The molecule has 3 aromatic carbocycles. The Labute approximate surface area is 210 Å². The van der Waals surface area contributed by atoms with E-state index in [2.05, 4.69) is 125 Å². The van der Waals surface area contributed by atoms with Gasteiger partial charge < -0.3 is 37.2 Å². The van der Waals surface area contributed by atoms with E-state index >= 15 is 0 Å². The van der Waals surface area contributed by atoms with Crippen LogP contribution in [0.5, 0.6) is 0 Å². The molecular weight excluding hydrogens is 467 g/mol. The second-order valence-electron chi connectivity index (χ2n) is 7.28. The fourth-order valence-corrected chi connectivity index (χ4v) is 5.10. The topological polar surface area (TPSA) is 0 Å². The molecule has 3 aromatic rings. The zero-order valence-electron chi connectivity index (χ0n) is 17.0. The molecule has 4 rings (SSSR count). The Hall–Kier alpha value is -1.28. The molecule has 1 aliphatic carbocycles. The van der Waals surface area contributed by atoms with E-state index in [0.717, 1.165) is 6.42 Å². The first-order valence-electron chi connectivity index (χ1n) is 9.44. The third kappa shape index (κ3) is 4.49. The third-order valence-electron chi connectivity index (χ3n) is 5.83. The summed E-state index contributed by atoms with van der Waals surface area (Å²) in [6.45, 7) is 4.54. The van der Waals surface area contributed by atoms with Crippen LogP contribution >= 0.6 is 0 Å². The van der Waals surface area contributed by atoms with E-state index in [1.54, 1.807) is 0 Å². The predicted molar refractivity (Wildman–Crippen MR) is 109 cm³/mol. The Morgan fingerprint density at radius 2 is 0.933 bits per heavy atom. The van der Waals surface area contributed by atoms with Crippen LogP contribution in [0.15, 0.2) is 112 Å². The van der Waals surface area contributed by atoms with Gasteiger partial charge in [-0.05, 0) is 0 Å². The van der Waals surface area contributed by atoms with Crippen molar-refractivity contribution in [2.24, 2.45) is 0 Å². The molecule has 0 N–H and O–H groups in total. The zero-order valence-corrected chi connectivity index (χ0v) is 20.8. The van der Waals surface area contributed by atoms with Gasteiger partial charge >= 0.3 is 174 Å². The Balaban J connectivity index is 0.00000150. The normalized spacial score (nSPS) is 13.3. The van der Waals surface area contributed by atoms with E-state index in [1.807, 2.05) is 0 Å². The van der Waals surface area contributed by atoms with Crippen LogP contribution in [0.4, 0.5) is 0 Å². The third-order valence-corrected chi connectivity index (χ3v) is 6.89. The Morgan fingerprint density at radius 1 is 0.600 bits per heavy atom. The first-order valence-corrected chi connectivity index (χ1v) is 10.2. The minimum Gasteiger partial charge on any atom is -1.00 e. The maximum absolute atomic E-state index is 2.30. The molecule has 0 heterocycles. The van der Waals surface area contributed by atoms with Gasteiger partial charge in [0.05, 0.1) is 0 Å². The van der Waals surface area contributed by atoms with E-state index in [1.165, 1.54) is 37.3 Å². The number of halogens is 3. The van der Waals surface area contributed by atoms with Crippen LogP contribution < -0.4 is 37.2 Å². The fraction of sp³-hybridized carbons (Fsp3) is 0.154. The summed E-state index contributed by atoms with van der Waals surface area (Å²) in [4.78, 5) is 0. The monoisotopic (exact) mass is 488 g/mol. The smallest absolute Gasteiger partial charge is 1.00 e. The summed E-state index contributed by atoms with van der Waals surface area (Å²) < 4.78 is 1.43. The van der Waals surface area contributed by atoms with Crippen molar-refractivity contribution < 1.29 is 57.7 Å². The average molecular weight is 490 g/mol. The molecule has 0 aromatic heterocycles. The molecule has 1 aliphatic rings. The maximum Gasteiger partial charge on any atom is -1.00 e. The van der Waals surface area contributed by atoms with Gasteiger partial charge in [0.25, 0.3) is 0 Å². The van der Waals surface area contributed by atoms with E-state index < -0.39 is 0 Å². The van der Waals surface area contributed by atoms with Gasteiger partial charge in [-0.3, -0.25) is 0 Å². The molecule has 0 fully saturated rings. The predicted octanol–water partition coefficient (Wildman–Crippen LogP) is -2.43. The molecule has 0 unspecified atom stereocenters. The summed E-state index contributed by atoms with van der Waals surface area (Å²) in [6.07, 6.45) is 1.02. The molecule has 0 aliphatic heterocycles. The van der Waals surface area contributed by atoms with Crippen LogP contribution in [0.3, 0.4) is 0 Å². The van der Waals surface area contributed by atoms with Crippen molar-refractivity contribution in [1.29, 1.82) is 0 Å². The maximum atomic E-state index is 2.30. The summed E-state index contributed by atoms with van der Waals surface area (Å²) in [7, 11) is 0. The minimum absolute atomic E-state index is 0. The van der Waals surface area contributed by atoms with Gasteiger partial charge in [0.15, 0.2) is 0 Å². The first-order chi connectivity index (χ1) is 13.2. The van der Waals surface area contributed by atoms with Crippen LogP contribution in [0.25, 0.3) is 0 Å². The van der Waals surface area contributed by atoms with Crippen LogP contribution in [0.2, 0.25) is 0 Å². The van der Waals surface area contributed by atoms with Gasteiger partial charge in [-0.15, -0.1) is 0 Å².